The maximum Gasteiger partial charge on any atom is 0.239 e. The van der Waals surface area contributed by atoms with Crippen LogP contribution in [0.5, 0.6) is 0 Å². The van der Waals surface area contributed by atoms with E-state index in [1.807, 2.05) is 36.2 Å². The van der Waals surface area contributed by atoms with Crippen molar-refractivity contribution in [2.45, 2.75) is 32.6 Å². The molecular formula is C17H23ClN4OS. The SMILES string of the molecule is CCCCCNC(=O)CN(C)c1nc(Cc2ccc(Cl)cc2)ns1. The maximum absolute atomic E-state index is 11.9. The largest absolute Gasteiger partial charge is 0.355 e. The molecule has 1 heterocycles. The molecule has 0 bridgehead atoms. The maximum atomic E-state index is 11.9. The highest BCUT2D eigenvalue weighted by molar-refractivity contribution is 7.09. The number of likely N-dealkylation sites (N-methyl/N-ethyl adjacent to an activating group) is 1. The number of unbranched alkanes of at least 4 members (excludes halogenated alkanes) is 2. The Morgan fingerprint density at radius 2 is 2.04 bits per heavy atom. The number of benzene rings is 1. The van der Waals surface area contributed by atoms with Crippen molar-refractivity contribution in [2.75, 3.05) is 25.0 Å². The molecule has 0 radical (unpaired) electrons. The van der Waals surface area contributed by atoms with Crippen LogP contribution in [-0.2, 0) is 11.2 Å². The monoisotopic (exact) mass is 366 g/mol. The van der Waals surface area contributed by atoms with Gasteiger partial charge in [0.15, 0.2) is 0 Å². The molecule has 0 saturated carbocycles. The van der Waals surface area contributed by atoms with E-state index in [4.69, 9.17) is 11.6 Å². The lowest BCUT2D eigenvalue weighted by molar-refractivity contribution is -0.119. The van der Waals surface area contributed by atoms with E-state index in [0.717, 1.165) is 47.3 Å². The van der Waals surface area contributed by atoms with Crippen molar-refractivity contribution in [2.24, 2.45) is 0 Å². The molecule has 0 aliphatic carbocycles. The van der Waals surface area contributed by atoms with Crippen molar-refractivity contribution in [3.05, 3.63) is 40.7 Å². The average Bonchev–Trinajstić information content (AvgIpc) is 3.02. The first kappa shape index (κ1) is 18.7. The van der Waals surface area contributed by atoms with Crippen LogP contribution in [-0.4, -0.2) is 35.4 Å². The summed E-state index contributed by atoms with van der Waals surface area (Å²) in [6.07, 6.45) is 3.97. The van der Waals surface area contributed by atoms with Gasteiger partial charge in [0, 0.05) is 36.6 Å². The van der Waals surface area contributed by atoms with Crippen molar-refractivity contribution in [3.8, 4) is 0 Å². The van der Waals surface area contributed by atoms with Crippen molar-refractivity contribution in [1.29, 1.82) is 0 Å². The topological polar surface area (TPSA) is 58.1 Å². The highest BCUT2D eigenvalue weighted by Crippen LogP contribution is 2.18. The van der Waals surface area contributed by atoms with Gasteiger partial charge in [-0.2, -0.15) is 4.37 Å². The van der Waals surface area contributed by atoms with Crippen molar-refractivity contribution in [3.63, 3.8) is 0 Å². The molecule has 2 aromatic rings. The number of hydrogen-bond donors (Lipinski definition) is 1. The number of nitrogens with one attached hydrogen (secondary N) is 1. The zero-order valence-electron chi connectivity index (χ0n) is 14.1. The van der Waals surface area contributed by atoms with Gasteiger partial charge in [0.2, 0.25) is 11.0 Å². The molecule has 0 aliphatic heterocycles. The minimum Gasteiger partial charge on any atom is -0.355 e. The Morgan fingerprint density at radius 3 is 2.75 bits per heavy atom. The molecule has 130 valence electrons. The van der Waals surface area contributed by atoms with Gasteiger partial charge in [0.05, 0.1) is 6.54 Å². The minimum atomic E-state index is 0.0167. The number of nitrogens with zero attached hydrogens (tertiary/aromatic N) is 3. The highest BCUT2D eigenvalue weighted by atomic mass is 35.5. The first-order chi connectivity index (χ1) is 11.6. The second-order valence-corrected chi connectivity index (χ2v) is 6.88. The molecular weight excluding hydrogens is 344 g/mol. The zero-order chi connectivity index (χ0) is 17.4. The fourth-order valence-corrected chi connectivity index (χ4v) is 2.97. The summed E-state index contributed by atoms with van der Waals surface area (Å²) in [4.78, 5) is 18.3. The molecule has 0 saturated heterocycles. The molecule has 0 unspecified atom stereocenters. The number of anilines is 1. The molecule has 1 aromatic carbocycles. The molecule has 0 aliphatic rings. The zero-order valence-corrected chi connectivity index (χ0v) is 15.7. The Bertz CT molecular complexity index is 644. The van der Waals surface area contributed by atoms with Crippen LogP contribution in [0, 0.1) is 0 Å². The van der Waals surface area contributed by atoms with Crippen LogP contribution >= 0.6 is 23.1 Å². The summed E-state index contributed by atoms with van der Waals surface area (Å²) in [5, 5.41) is 4.40. The van der Waals surface area contributed by atoms with Gasteiger partial charge in [0.25, 0.3) is 0 Å². The van der Waals surface area contributed by atoms with Gasteiger partial charge in [-0.1, -0.05) is 43.5 Å². The van der Waals surface area contributed by atoms with E-state index in [1.165, 1.54) is 11.5 Å². The highest BCUT2D eigenvalue weighted by Gasteiger charge is 2.12. The van der Waals surface area contributed by atoms with Gasteiger partial charge in [-0.15, -0.1) is 0 Å². The van der Waals surface area contributed by atoms with Crippen LogP contribution in [0.4, 0.5) is 5.13 Å². The van der Waals surface area contributed by atoms with E-state index < -0.39 is 0 Å². The van der Waals surface area contributed by atoms with E-state index >= 15 is 0 Å². The number of carbonyl (C=O) groups is 1. The van der Waals surface area contributed by atoms with Gasteiger partial charge in [-0.3, -0.25) is 4.79 Å². The van der Waals surface area contributed by atoms with E-state index in [0.29, 0.717) is 13.0 Å². The third-order valence-electron chi connectivity index (χ3n) is 3.54. The number of amides is 1. The summed E-state index contributed by atoms with van der Waals surface area (Å²) in [6, 6.07) is 7.66. The van der Waals surface area contributed by atoms with Crippen LogP contribution in [0.15, 0.2) is 24.3 Å². The van der Waals surface area contributed by atoms with Crippen LogP contribution in [0.25, 0.3) is 0 Å². The van der Waals surface area contributed by atoms with E-state index in [9.17, 15) is 4.79 Å². The summed E-state index contributed by atoms with van der Waals surface area (Å²) < 4.78 is 4.37. The van der Waals surface area contributed by atoms with Gasteiger partial charge >= 0.3 is 0 Å². The number of carbonyl (C=O) groups excluding carboxylic acids is 1. The number of hydrogen-bond acceptors (Lipinski definition) is 5. The van der Waals surface area contributed by atoms with Crippen molar-refractivity contribution >= 4 is 34.2 Å². The lowest BCUT2D eigenvalue weighted by atomic mass is 10.1. The van der Waals surface area contributed by atoms with Gasteiger partial charge in [-0.25, -0.2) is 4.98 Å². The van der Waals surface area contributed by atoms with E-state index in [-0.39, 0.29) is 5.91 Å². The second kappa shape index (κ2) is 9.59. The van der Waals surface area contributed by atoms with Crippen molar-refractivity contribution in [1.82, 2.24) is 14.7 Å². The summed E-state index contributed by atoms with van der Waals surface area (Å²) in [5.41, 5.74) is 1.11. The lowest BCUT2D eigenvalue weighted by Crippen LogP contribution is -2.35. The van der Waals surface area contributed by atoms with Crippen LogP contribution in [0.2, 0.25) is 5.02 Å². The first-order valence-corrected chi connectivity index (χ1v) is 9.28. The molecule has 2 rings (SSSR count). The Kier molecular flexibility index (Phi) is 7.46. The van der Waals surface area contributed by atoms with Crippen LogP contribution in [0.3, 0.4) is 0 Å². The van der Waals surface area contributed by atoms with Crippen LogP contribution in [0.1, 0.15) is 37.6 Å². The molecule has 0 fully saturated rings. The molecule has 24 heavy (non-hydrogen) atoms. The number of rotatable bonds is 9. The molecule has 5 nitrogen and oxygen atoms in total. The quantitative estimate of drug-likeness (QED) is 0.690. The van der Waals surface area contributed by atoms with E-state index in [2.05, 4.69) is 21.6 Å². The third kappa shape index (κ3) is 6.09. The van der Waals surface area contributed by atoms with Gasteiger partial charge in [-0.05, 0) is 24.1 Å². The Balaban J connectivity index is 1.83. The van der Waals surface area contributed by atoms with Gasteiger partial charge < -0.3 is 10.2 Å². The summed E-state index contributed by atoms with van der Waals surface area (Å²) >= 11 is 7.20. The smallest absolute Gasteiger partial charge is 0.239 e. The predicted molar refractivity (Wildman–Crippen MR) is 100.0 cm³/mol. The van der Waals surface area contributed by atoms with Crippen molar-refractivity contribution < 1.29 is 4.79 Å². The summed E-state index contributed by atoms with van der Waals surface area (Å²) in [5.74, 6) is 0.774. The molecule has 1 N–H and O–H groups in total. The molecule has 0 atom stereocenters. The molecule has 1 amide bonds. The molecule has 1 aromatic heterocycles. The Morgan fingerprint density at radius 1 is 1.29 bits per heavy atom. The standard InChI is InChI=1S/C17H23ClN4OS/c1-3-4-5-10-19-16(23)12-22(2)17-20-15(21-24-17)11-13-6-8-14(18)9-7-13/h6-9H,3-5,10-12H2,1-2H3,(H,19,23). The molecule has 7 heteroatoms. The minimum absolute atomic E-state index is 0.0167. The van der Waals surface area contributed by atoms with E-state index in [1.54, 1.807) is 0 Å². The van der Waals surface area contributed by atoms with Crippen LogP contribution < -0.4 is 10.2 Å². The fourth-order valence-electron chi connectivity index (χ4n) is 2.20. The molecule has 0 spiro atoms. The second-order valence-electron chi connectivity index (χ2n) is 5.71. The predicted octanol–water partition coefficient (Wildman–Crippen LogP) is 3.52. The normalized spacial score (nSPS) is 10.6. The average molecular weight is 367 g/mol. The Labute approximate surface area is 152 Å². The van der Waals surface area contributed by atoms with Gasteiger partial charge in [0.1, 0.15) is 5.82 Å². The number of halogens is 1. The Hall–Kier alpha value is -1.66. The summed E-state index contributed by atoms with van der Waals surface area (Å²) in [6.45, 7) is 3.17. The first-order valence-electron chi connectivity index (χ1n) is 8.13. The lowest BCUT2D eigenvalue weighted by Gasteiger charge is -2.14. The summed E-state index contributed by atoms with van der Waals surface area (Å²) in [7, 11) is 1.86. The third-order valence-corrected chi connectivity index (χ3v) is 4.66. The fraction of sp³-hybridized carbons (Fsp3) is 0.471. The number of aromatic nitrogens is 2.